The molecule has 1 aromatic rings. The largest absolute Gasteiger partial charge is 0.384 e. The van der Waals surface area contributed by atoms with Crippen LogP contribution in [0, 0.1) is 11.8 Å². The van der Waals surface area contributed by atoms with Crippen molar-refractivity contribution in [3.8, 4) is 0 Å². The minimum Gasteiger partial charge on any atom is -0.384 e. The van der Waals surface area contributed by atoms with Crippen LogP contribution in [0.25, 0.3) is 0 Å². The van der Waals surface area contributed by atoms with Crippen molar-refractivity contribution in [1.29, 1.82) is 0 Å². The van der Waals surface area contributed by atoms with E-state index in [1.54, 1.807) is 4.90 Å². The molecule has 0 aromatic heterocycles. The second kappa shape index (κ2) is 6.28. The molecule has 1 saturated heterocycles. The molecule has 2 rings (SSSR count). The molecule has 1 fully saturated rings. The highest BCUT2D eigenvalue weighted by Gasteiger charge is 2.45. The second-order valence-electron chi connectivity index (χ2n) is 7.09. The predicted molar refractivity (Wildman–Crippen MR) is 83.7 cm³/mol. The Morgan fingerprint density at radius 2 is 1.90 bits per heavy atom. The number of hydrogen-bond donors (Lipinski definition) is 2. The molecule has 2 nitrogen and oxygen atoms in total. The van der Waals surface area contributed by atoms with E-state index in [1.165, 1.54) is 13.0 Å². The van der Waals surface area contributed by atoms with Gasteiger partial charge >= 0.3 is 0 Å². The third kappa shape index (κ3) is 3.24. The van der Waals surface area contributed by atoms with E-state index in [0.29, 0.717) is 12.0 Å². The lowest BCUT2D eigenvalue weighted by molar-refractivity contribution is -0.936. The predicted octanol–water partition coefficient (Wildman–Crippen LogP) is 2.23. The summed E-state index contributed by atoms with van der Waals surface area (Å²) in [6, 6.07) is 10.7. The van der Waals surface area contributed by atoms with Crippen molar-refractivity contribution < 1.29 is 10.0 Å². The van der Waals surface area contributed by atoms with Crippen molar-refractivity contribution in [2.45, 2.75) is 52.2 Å². The second-order valence-corrected chi connectivity index (χ2v) is 7.09. The highest BCUT2D eigenvalue weighted by atomic mass is 16.3. The van der Waals surface area contributed by atoms with Gasteiger partial charge in [-0.15, -0.1) is 0 Å². The Bertz CT molecular complexity index is 417. The van der Waals surface area contributed by atoms with Gasteiger partial charge in [0, 0.05) is 12.3 Å². The zero-order valence-electron chi connectivity index (χ0n) is 13.4. The molecule has 1 heterocycles. The van der Waals surface area contributed by atoms with Crippen LogP contribution in [0.5, 0.6) is 0 Å². The molecule has 1 aliphatic rings. The minimum absolute atomic E-state index is 0.309. The van der Waals surface area contributed by atoms with Crippen LogP contribution in [-0.4, -0.2) is 24.2 Å². The summed E-state index contributed by atoms with van der Waals surface area (Å²) in [6.45, 7) is 11.4. The summed E-state index contributed by atoms with van der Waals surface area (Å²) < 4.78 is 0. The summed E-state index contributed by atoms with van der Waals surface area (Å²) in [7, 11) is 0. The highest BCUT2D eigenvalue weighted by molar-refractivity contribution is 5.23. The summed E-state index contributed by atoms with van der Waals surface area (Å²) in [5, 5.41) is 11.2. The van der Waals surface area contributed by atoms with E-state index in [-0.39, 0.29) is 0 Å². The molecule has 20 heavy (non-hydrogen) atoms. The Balaban J connectivity index is 2.09. The summed E-state index contributed by atoms with van der Waals surface area (Å²) in [6.07, 6.45) is 2.14. The fraction of sp³-hybridized carbons (Fsp3) is 0.667. The molecule has 1 unspecified atom stereocenters. The van der Waals surface area contributed by atoms with Crippen LogP contribution in [0.3, 0.4) is 0 Å². The number of rotatable bonds is 4. The molecule has 0 saturated carbocycles. The van der Waals surface area contributed by atoms with Gasteiger partial charge in [0.2, 0.25) is 0 Å². The SMILES string of the molecule is CC(C)CC[NH+]1C[C@@H](C)[C@](O)(c2ccccc2)C[C@H]1C. The van der Waals surface area contributed by atoms with E-state index in [0.717, 1.165) is 24.4 Å². The summed E-state index contributed by atoms with van der Waals surface area (Å²) in [5.41, 5.74) is 0.435. The number of quaternary nitrogens is 1. The maximum atomic E-state index is 11.2. The van der Waals surface area contributed by atoms with Crippen molar-refractivity contribution in [2.75, 3.05) is 13.1 Å². The van der Waals surface area contributed by atoms with E-state index in [1.807, 2.05) is 18.2 Å². The van der Waals surface area contributed by atoms with Crippen molar-refractivity contribution >= 4 is 0 Å². The first-order valence-corrected chi connectivity index (χ1v) is 8.06. The first-order valence-electron chi connectivity index (χ1n) is 8.06. The summed E-state index contributed by atoms with van der Waals surface area (Å²) in [5.74, 6) is 1.07. The van der Waals surface area contributed by atoms with Gasteiger partial charge in [0.15, 0.2) is 0 Å². The van der Waals surface area contributed by atoms with Gasteiger partial charge in [0.1, 0.15) is 5.60 Å². The molecule has 0 spiro atoms. The third-order valence-corrected chi connectivity index (χ3v) is 5.01. The Hall–Kier alpha value is -0.860. The maximum Gasteiger partial charge on any atom is 0.103 e. The van der Waals surface area contributed by atoms with Crippen molar-refractivity contribution in [3.05, 3.63) is 35.9 Å². The average Bonchev–Trinajstić information content (AvgIpc) is 2.42. The van der Waals surface area contributed by atoms with Gasteiger partial charge in [0.05, 0.1) is 19.1 Å². The van der Waals surface area contributed by atoms with Crippen LogP contribution in [0.15, 0.2) is 30.3 Å². The molecule has 2 N–H and O–H groups in total. The quantitative estimate of drug-likeness (QED) is 0.866. The summed E-state index contributed by atoms with van der Waals surface area (Å²) in [4.78, 5) is 1.66. The Morgan fingerprint density at radius 3 is 2.50 bits per heavy atom. The minimum atomic E-state index is -0.651. The van der Waals surface area contributed by atoms with Crippen LogP contribution in [0.4, 0.5) is 0 Å². The van der Waals surface area contributed by atoms with Gasteiger partial charge in [-0.2, -0.15) is 0 Å². The standard InChI is InChI=1S/C18H29NO/c1-14(2)10-11-19-13-15(3)18(20,12-16(19)4)17-8-6-5-7-9-17/h5-9,14-16,20H,10-13H2,1-4H3/p+1/t15-,16-,18+/m1/s1. The average molecular weight is 276 g/mol. The van der Waals surface area contributed by atoms with E-state index in [9.17, 15) is 5.11 Å². The number of likely N-dealkylation sites (tertiary alicyclic amines) is 1. The lowest BCUT2D eigenvalue weighted by Gasteiger charge is -2.45. The zero-order chi connectivity index (χ0) is 14.8. The molecule has 0 radical (unpaired) electrons. The summed E-state index contributed by atoms with van der Waals surface area (Å²) >= 11 is 0. The van der Waals surface area contributed by atoms with Crippen LogP contribution in [-0.2, 0) is 5.60 Å². The van der Waals surface area contributed by atoms with Crippen molar-refractivity contribution in [3.63, 3.8) is 0 Å². The molecule has 2 heteroatoms. The first-order chi connectivity index (χ1) is 9.43. The number of piperidine rings is 1. The van der Waals surface area contributed by atoms with Crippen LogP contribution in [0.2, 0.25) is 0 Å². The topological polar surface area (TPSA) is 24.7 Å². The Labute approximate surface area is 123 Å². The first kappa shape index (κ1) is 15.5. The van der Waals surface area contributed by atoms with Gasteiger partial charge < -0.3 is 10.0 Å². The number of aliphatic hydroxyl groups is 1. The smallest absolute Gasteiger partial charge is 0.103 e. The number of nitrogens with one attached hydrogen (secondary N) is 1. The number of hydrogen-bond acceptors (Lipinski definition) is 1. The zero-order valence-corrected chi connectivity index (χ0v) is 13.4. The Morgan fingerprint density at radius 1 is 1.25 bits per heavy atom. The lowest BCUT2D eigenvalue weighted by Crippen LogP contribution is -3.17. The van der Waals surface area contributed by atoms with E-state index >= 15 is 0 Å². The molecule has 1 aliphatic heterocycles. The van der Waals surface area contributed by atoms with Gasteiger partial charge in [-0.05, 0) is 24.8 Å². The van der Waals surface area contributed by atoms with Crippen LogP contribution < -0.4 is 4.90 Å². The fourth-order valence-corrected chi connectivity index (χ4v) is 3.53. The van der Waals surface area contributed by atoms with Crippen molar-refractivity contribution in [2.24, 2.45) is 11.8 Å². The molecule has 1 aromatic carbocycles. The lowest BCUT2D eigenvalue weighted by atomic mass is 9.74. The van der Waals surface area contributed by atoms with Crippen LogP contribution in [0.1, 0.15) is 46.1 Å². The molecule has 0 aliphatic carbocycles. The Kier molecular flexibility index (Phi) is 4.87. The monoisotopic (exact) mass is 276 g/mol. The van der Waals surface area contributed by atoms with E-state index in [4.69, 9.17) is 0 Å². The molecular formula is C18H30NO+. The van der Waals surface area contributed by atoms with Gasteiger partial charge in [-0.3, -0.25) is 0 Å². The molecule has 0 bridgehead atoms. The molecule has 4 atom stereocenters. The molecular weight excluding hydrogens is 246 g/mol. The normalized spacial score (nSPS) is 34.4. The maximum absolute atomic E-state index is 11.2. The van der Waals surface area contributed by atoms with Gasteiger partial charge in [-0.1, -0.05) is 51.1 Å². The van der Waals surface area contributed by atoms with Gasteiger partial charge in [-0.25, -0.2) is 0 Å². The van der Waals surface area contributed by atoms with Crippen LogP contribution >= 0.6 is 0 Å². The van der Waals surface area contributed by atoms with E-state index < -0.39 is 5.60 Å². The van der Waals surface area contributed by atoms with Crippen molar-refractivity contribution in [1.82, 2.24) is 0 Å². The number of benzene rings is 1. The third-order valence-electron chi connectivity index (χ3n) is 5.01. The molecule has 112 valence electrons. The molecule has 0 amide bonds. The van der Waals surface area contributed by atoms with Gasteiger partial charge in [0.25, 0.3) is 0 Å². The fourth-order valence-electron chi connectivity index (χ4n) is 3.53. The highest BCUT2D eigenvalue weighted by Crippen LogP contribution is 2.35. The van der Waals surface area contributed by atoms with E-state index in [2.05, 4.69) is 39.8 Å².